The maximum Gasteiger partial charge on any atom is 0.158 e. The summed E-state index contributed by atoms with van der Waals surface area (Å²) in [5, 5.41) is 0. The Balaban J connectivity index is 3.50. The molecule has 1 atom stereocenters. The van der Waals surface area contributed by atoms with Gasteiger partial charge in [0.05, 0.1) is 6.10 Å². The standard InChI is InChI=1S/C8H18INO/c1-3-5-7(6-4-2)11-8(9)10/h7-8H,3-6,10H2,1-2H3. The molecule has 0 saturated carbocycles. The molecule has 1 unspecified atom stereocenters. The van der Waals surface area contributed by atoms with Gasteiger partial charge in [-0.1, -0.05) is 26.7 Å². The molecule has 0 aromatic rings. The van der Waals surface area contributed by atoms with Crippen LogP contribution in [-0.2, 0) is 4.74 Å². The molecule has 11 heavy (non-hydrogen) atoms. The number of hydrogen-bond acceptors (Lipinski definition) is 2. The van der Waals surface area contributed by atoms with Crippen LogP contribution in [0.2, 0.25) is 0 Å². The molecule has 0 spiro atoms. The number of alkyl halides is 1. The van der Waals surface area contributed by atoms with E-state index in [0.717, 1.165) is 12.8 Å². The highest BCUT2D eigenvalue weighted by molar-refractivity contribution is 14.1. The lowest BCUT2D eigenvalue weighted by Gasteiger charge is -2.17. The van der Waals surface area contributed by atoms with Gasteiger partial charge in [-0.15, -0.1) is 0 Å². The minimum absolute atomic E-state index is 0.143. The summed E-state index contributed by atoms with van der Waals surface area (Å²) in [6, 6.07) is 0. The van der Waals surface area contributed by atoms with E-state index in [4.69, 9.17) is 10.5 Å². The van der Waals surface area contributed by atoms with Crippen molar-refractivity contribution in [3.8, 4) is 0 Å². The lowest BCUT2D eigenvalue weighted by atomic mass is 10.1. The van der Waals surface area contributed by atoms with Gasteiger partial charge in [0.2, 0.25) is 0 Å². The van der Waals surface area contributed by atoms with Gasteiger partial charge < -0.3 is 4.74 Å². The molecular formula is C8H18INO. The molecule has 0 fully saturated rings. The van der Waals surface area contributed by atoms with E-state index < -0.39 is 0 Å². The largest absolute Gasteiger partial charge is 0.351 e. The van der Waals surface area contributed by atoms with E-state index in [-0.39, 0.29) is 4.23 Å². The molecule has 68 valence electrons. The van der Waals surface area contributed by atoms with Crippen molar-refractivity contribution >= 4 is 22.6 Å². The van der Waals surface area contributed by atoms with Crippen LogP contribution in [0.5, 0.6) is 0 Å². The van der Waals surface area contributed by atoms with Crippen LogP contribution in [0.3, 0.4) is 0 Å². The smallest absolute Gasteiger partial charge is 0.158 e. The van der Waals surface area contributed by atoms with E-state index in [0.29, 0.717) is 6.10 Å². The van der Waals surface area contributed by atoms with Crippen molar-refractivity contribution in [3.63, 3.8) is 0 Å². The van der Waals surface area contributed by atoms with Gasteiger partial charge in [0.1, 0.15) is 0 Å². The van der Waals surface area contributed by atoms with Crippen LogP contribution < -0.4 is 5.73 Å². The van der Waals surface area contributed by atoms with E-state index in [2.05, 4.69) is 36.4 Å². The van der Waals surface area contributed by atoms with Crippen molar-refractivity contribution in [2.24, 2.45) is 5.73 Å². The second-order valence-electron chi connectivity index (χ2n) is 2.69. The molecule has 0 aliphatic carbocycles. The van der Waals surface area contributed by atoms with Crippen LogP contribution in [0.25, 0.3) is 0 Å². The molecule has 0 aliphatic rings. The third kappa shape index (κ3) is 7.03. The average molecular weight is 271 g/mol. The first-order chi connectivity index (χ1) is 5.20. The summed E-state index contributed by atoms with van der Waals surface area (Å²) >= 11 is 2.09. The third-order valence-electron chi connectivity index (χ3n) is 1.54. The fourth-order valence-corrected chi connectivity index (χ4v) is 1.52. The van der Waals surface area contributed by atoms with Gasteiger partial charge in [0, 0.05) is 0 Å². The highest BCUT2D eigenvalue weighted by Crippen LogP contribution is 2.12. The lowest BCUT2D eigenvalue weighted by Crippen LogP contribution is -2.23. The second kappa shape index (κ2) is 7.31. The summed E-state index contributed by atoms with van der Waals surface area (Å²) in [6.45, 7) is 4.34. The predicted molar refractivity (Wildman–Crippen MR) is 56.7 cm³/mol. The van der Waals surface area contributed by atoms with Gasteiger partial charge in [-0.2, -0.15) is 0 Å². The van der Waals surface area contributed by atoms with E-state index in [1.54, 1.807) is 0 Å². The van der Waals surface area contributed by atoms with Gasteiger partial charge >= 0.3 is 0 Å². The number of nitrogens with two attached hydrogens (primary N) is 1. The monoisotopic (exact) mass is 271 g/mol. The average Bonchev–Trinajstić information content (AvgIpc) is 1.87. The predicted octanol–water partition coefficient (Wildman–Crippen LogP) is 2.65. The van der Waals surface area contributed by atoms with Crippen molar-refractivity contribution < 1.29 is 4.74 Å². The molecule has 3 heteroatoms. The summed E-state index contributed by atoms with van der Waals surface area (Å²) in [4.78, 5) is 0. The Morgan fingerprint density at radius 3 is 2.00 bits per heavy atom. The normalized spacial score (nSPS) is 13.9. The SMILES string of the molecule is CCCC(CCC)OC(N)I. The number of hydrogen-bond donors (Lipinski definition) is 1. The van der Waals surface area contributed by atoms with Gasteiger partial charge in [-0.05, 0) is 35.4 Å². The van der Waals surface area contributed by atoms with Crippen molar-refractivity contribution in [1.82, 2.24) is 0 Å². The van der Waals surface area contributed by atoms with E-state index in [1.165, 1.54) is 12.8 Å². The summed E-state index contributed by atoms with van der Waals surface area (Å²) in [5.41, 5.74) is 5.52. The van der Waals surface area contributed by atoms with E-state index >= 15 is 0 Å². The van der Waals surface area contributed by atoms with E-state index in [9.17, 15) is 0 Å². The highest BCUT2D eigenvalue weighted by Gasteiger charge is 2.08. The number of ether oxygens (including phenoxy) is 1. The number of halogens is 1. The molecule has 0 rings (SSSR count). The third-order valence-corrected chi connectivity index (χ3v) is 1.84. The Morgan fingerprint density at radius 1 is 1.27 bits per heavy atom. The topological polar surface area (TPSA) is 35.2 Å². The Labute approximate surface area is 83.0 Å². The molecule has 0 saturated heterocycles. The van der Waals surface area contributed by atoms with Gasteiger partial charge in [-0.25, -0.2) is 0 Å². The molecule has 0 radical (unpaired) electrons. The van der Waals surface area contributed by atoms with Crippen LogP contribution in [-0.4, -0.2) is 10.3 Å². The summed E-state index contributed by atoms with van der Waals surface area (Å²) in [7, 11) is 0. The van der Waals surface area contributed by atoms with Crippen molar-refractivity contribution in [2.45, 2.75) is 49.9 Å². The summed E-state index contributed by atoms with van der Waals surface area (Å²) in [5.74, 6) is 0. The Hall–Kier alpha value is 0.650. The molecule has 2 N–H and O–H groups in total. The lowest BCUT2D eigenvalue weighted by molar-refractivity contribution is 0.0347. The molecule has 0 aromatic carbocycles. The van der Waals surface area contributed by atoms with Gasteiger partial charge in [-0.3, -0.25) is 5.73 Å². The molecule has 0 bridgehead atoms. The van der Waals surface area contributed by atoms with Crippen LogP contribution >= 0.6 is 22.6 Å². The summed E-state index contributed by atoms with van der Waals surface area (Å²) in [6.07, 6.45) is 4.98. The Kier molecular flexibility index (Phi) is 7.74. The maximum atomic E-state index is 5.52. The van der Waals surface area contributed by atoms with Crippen LogP contribution in [0, 0.1) is 0 Å². The minimum Gasteiger partial charge on any atom is -0.351 e. The molecule has 0 aromatic heterocycles. The Bertz CT molecular complexity index is 82.2. The maximum absolute atomic E-state index is 5.52. The van der Waals surface area contributed by atoms with Crippen molar-refractivity contribution in [3.05, 3.63) is 0 Å². The van der Waals surface area contributed by atoms with Crippen LogP contribution in [0.15, 0.2) is 0 Å². The first-order valence-electron chi connectivity index (χ1n) is 4.25. The minimum atomic E-state index is -0.143. The molecule has 2 nitrogen and oxygen atoms in total. The number of rotatable bonds is 6. The van der Waals surface area contributed by atoms with E-state index in [1.807, 2.05) is 0 Å². The molecule has 0 heterocycles. The summed E-state index contributed by atoms with van der Waals surface area (Å²) < 4.78 is 5.35. The van der Waals surface area contributed by atoms with Gasteiger partial charge in [0.25, 0.3) is 0 Å². The first-order valence-corrected chi connectivity index (χ1v) is 5.50. The van der Waals surface area contributed by atoms with Crippen LogP contribution in [0.1, 0.15) is 39.5 Å². The molecule has 0 aliphatic heterocycles. The fraction of sp³-hybridized carbons (Fsp3) is 1.00. The van der Waals surface area contributed by atoms with Crippen LogP contribution in [0.4, 0.5) is 0 Å². The zero-order valence-corrected chi connectivity index (χ0v) is 9.50. The molecular weight excluding hydrogens is 253 g/mol. The zero-order valence-electron chi connectivity index (χ0n) is 7.35. The molecule has 0 amide bonds. The quantitative estimate of drug-likeness (QED) is 0.349. The Morgan fingerprint density at radius 2 is 1.73 bits per heavy atom. The fourth-order valence-electron chi connectivity index (χ4n) is 1.11. The first kappa shape index (κ1) is 11.6. The van der Waals surface area contributed by atoms with Gasteiger partial charge in [0.15, 0.2) is 4.23 Å². The highest BCUT2D eigenvalue weighted by atomic mass is 127. The zero-order chi connectivity index (χ0) is 8.69. The van der Waals surface area contributed by atoms with Crippen molar-refractivity contribution in [2.75, 3.05) is 0 Å². The second-order valence-corrected chi connectivity index (χ2v) is 3.91. The van der Waals surface area contributed by atoms with Crippen molar-refractivity contribution in [1.29, 1.82) is 0 Å².